The van der Waals surface area contributed by atoms with Crippen LogP contribution in [0.4, 0.5) is 0 Å². The average Bonchev–Trinajstić information content (AvgIpc) is 3.17. The number of hydrogen-bond acceptors (Lipinski definition) is 3. The maximum Gasteiger partial charge on any atom is 0.237 e. The van der Waals surface area contributed by atoms with Crippen LogP contribution < -0.4 is 11.1 Å². The van der Waals surface area contributed by atoms with E-state index in [1.807, 2.05) is 6.92 Å². The molecule has 1 saturated carbocycles. The van der Waals surface area contributed by atoms with Gasteiger partial charge in [0.05, 0.1) is 5.54 Å². The first-order chi connectivity index (χ1) is 9.01. The van der Waals surface area contributed by atoms with Crippen LogP contribution in [0.15, 0.2) is 0 Å². The molecule has 0 aromatic carbocycles. The van der Waals surface area contributed by atoms with Crippen molar-refractivity contribution in [2.45, 2.75) is 58.4 Å². The predicted molar refractivity (Wildman–Crippen MR) is 80.0 cm³/mol. The van der Waals surface area contributed by atoms with E-state index in [0.717, 1.165) is 38.4 Å². The van der Waals surface area contributed by atoms with Gasteiger partial charge in [0, 0.05) is 13.1 Å². The highest BCUT2D eigenvalue weighted by atomic mass is 16.1. The van der Waals surface area contributed by atoms with Gasteiger partial charge in [-0.25, -0.2) is 0 Å². The summed E-state index contributed by atoms with van der Waals surface area (Å²) in [6.45, 7) is 10.4. The van der Waals surface area contributed by atoms with Crippen LogP contribution in [0.25, 0.3) is 0 Å². The van der Waals surface area contributed by atoms with E-state index in [1.165, 1.54) is 25.8 Å². The zero-order chi connectivity index (χ0) is 14.3. The van der Waals surface area contributed by atoms with Gasteiger partial charge in [0.1, 0.15) is 0 Å². The fourth-order valence-corrected chi connectivity index (χ4v) is 2.36. The normalized spacial score (nSPS) is 18.5. The third-order valence-corrected chi connectivity index (χ3v) is 3.99. The molecule has 1 fully saturated rings. The summed E-state index contributed by atoms with van der Waals surface area (Å²) < 4.78 is 0. The van der Waals surface area contributed by atoms with Gasteiger partial charge in [-0.1, -0.05) is 13.8 Å². The lowest BCUT2D eigenvalue weighted by Gasteiger charge is -2.31. The summed E-state index contributed by atoms with van der Waals surface area (Å²) in [7, 11) is 0. The second kappa shape index (κ2) is 7.85. The molecule has 4 nitrogen and oxygen atoms in total. The summed E-state index contributed by atoms with van der Waals surface area (Å²) in [5, 5.41) is 3.31. The highest BCUT2D eigenvalue weighted by Gasteiger charge is 2.31. The fraction of sp³-hybridized carbons (Fsp3) is 0.933. The van der Waals surface area contributed by atoms with Gasteiger partial charge < -0.3 is 16.0 Å². The van der Waals surface area contributed by atoms with Crippen molar-refractivity contribution in [1.29, 1.82) is 0 Å². The SMILES string of the molecule is CCCNC(C)(CCN(CCC)CC1CC1)C(N)=O. The molecule has 0 saturated heterocycles. The van der Waals surface area contributed by atoms with Gasteiger partial charge in [0.2, 0.25) is 5.91 Å². The van der Waals surface area contributed by atoms with Crippen LogP contribution in [0.1, 0.15) is 52.9 Å². The fourth-order valence-electron chi connectivity index (χ4n) is 2.36. The molecule has 1 unspecified atom stereocenters. The van der Waals surface area contributed by atoms with Crippen LogP contribution >= 0.6 is 0 Å². The number of carbonyl (C=O) groups is 1. The van der Waals surface area contributed by atoms with Crippen molar-refractivity contribution in [3.8, 4) is 0 Å². The Balaban J connectivity index is 2.44. The van der Waals surface area contributed by atoms with Crippen molar-refractivity contribution in [1.82, 2.24) is 10.2 Å². The number of amides is 1. The maximum atomic E-state index is 11.7. The van der Waals surface area contributed by atoms with Crippen molar-refractivity contribution in [3.63, 3.8) is 0 Å². The van der Waals surface area contributed by atoms with Gasteiger partial charge >= 0.3 is 0 Å². The summed E-state index contributed by atoms with van der Waals surface area (Å²) in [6, 6.07) is 0. The molecule has 0 heterocycles. The van der Waals surface area contributed by atoms with Crippen LogP contribution in [-0.2, 0) is 4.79 Å². The van der Waals surface area contributed by atoms with Crippen LogP contribution in [0.2, 0.25) is 0 Å². The summed E-state index contributed by atoms with van der Waals surface area (Å²) in [6.07, 6.45) is 5.74. The van der Waals surface area contributed by atoms with E-state index < -0.39 is 5.54 Å². The number of hydrogen-bond donors (Lipinski definition) is 2. The van der Waals surface area contributed by atoms with E-state index in [2.05, 4.69) is 24.1 Å². The molecule has 0 spiro atoms. The van der Waals surface area contributed by atoms with Crippen molar-refractivity contribution in [2.75, 3.05) is 26.2 Å². The molecular formula is C15H31N3O. The Bertz CT molecular complexity index is 279. The third kappa shape index (κ3) is 5.91. The highest BCUT2D eigenvalue weighted by Crippen LogP contribution is 2.30. The van der Waals surface area contributed by atoms with Crippen molar-refractivity contribution in [3.05, 3.63) is 0 Å². The van der Waals surface area contributed by atoms with Gasteiger partial charge in [0.15, 0.2) is 0 Å². The Morgan fingerprint density at radius 2 is 2.00 bits per heavy atom. The van der Waals surface area contributed by atoms with Crippen molar-refractivity contribution >= 4 is 5.91 Å². The molecule has 1 aliphatic carbocycles. The minimum Gasteiger partial charge on any atom is -0.368 e. The number of carbonyl (C=O) groups excluding carboxylic acids is 1. The third-order valence-electron chi connectivity index (χ3n) is 3.99. The molecule has 0 radical (unpaired) electrons. The first-order valence-corrected chi connectivity index (χ1v) is 7.79. The Morgan fingerprint density at radius 3 is 2.47 bits per heavy atom. The Hall–Kier alpha value is -0.610. The Kier molecular flexibility index (Phi) is 6.80. The van der Waals surface area contributed by atoms with E-state index in [9.17, 15) is 4.79 Å². The zero-order valence-corrected chi connectivity index (χ0v) is 12.9. The van der Waals surface area contributed by atoms with Gasteiger partial charge in [0.25, 0.3) is 0 Å². The van der Waals surface area contributed by atoms with E-state index in [0.29, 0.717) is 0 Å². The standard InChI is InChI=1S/C15H31N3O/c1-4-9-17-15(3,14(16)19)8-11-18(10-5-2)12-13-6-7-13/h13,17H,4-12H2,1-3H3,(H2,16,19). The van der Waals surface area contributed by atoms with Gasteiger partial charge in [-0.3, -0.25) is 4.79 Å². The van der Waals surface area contributed by atoms with Gasteiger partial charge in [-0.15, -0.1) is 0 Å². The lowest BCUT2D eigenvalue weighted by molar-refractivity contribution is -0.124. The molecule has 3 N–H and O–H groups in total. The van der Waals surface area contributed by atoms with Crippen LogP contribution in [0.3, 0.4) is 0 Å². The average molecular weight is 269 g/mol. The highest BCUT2D eigenvalue weighted by molar-refractivity contribution is 5.84. The molecule has 1 aliphatic rings. The number of rotatable bonds is 11. The second-order valence-corrected chi connectivity index (χ2v) is 6.12. The van der Waals surface area contributed by atoms with Crippen LogP contribution in [-0.4, -0.2) is 42.5 Å². The monoisotopic (exact) mass is 269 g/mol. The largest absolute Gasteiger partial charge is 0.368 e. The van der Waals surface area contributed by atoms with E-state index >= 15 is 0 Å². The van der Waals surface area contributed by atoms with Crippen molar-refractivity contribution in [2.24, 2.45) is 11.7 Å². The van der Waals surface area contributed by atoms with E-state index in [1.54, 1.807) is 0 Å². The number of primary amides is 1. The van der Waals surface area contributed by atoms with Crippen LogP contribution in [0, 0.1) is 5.92 Å². The lowest BCUT2D eigenvalue weighted by Crippen LogP contribution is -2.55. The molecular weight excluding hydrogens is 238 g/mol. The molecule has 0 bridgehead atoms. The molecule has 1 rings (SSSR count). The van der Waals surface area contributed by atoms with E-state index in [-0.39, 0.29) is 5.91 Å². The quantitative estimate of drug-likeness (QED) is 0.601. The zero-order valence-electron chi connectivity index (χ0n) is 12.9. The molecule has 1 atom stereocenters. The smallest absolute Gasteiger partial charge is 0.237 e. The first-order valence-electron chi connectivity index (χ1n) is 7.79. The summed E-state index contributed by atoms with van der Waals surface area (Å²) in [5.74, 6) is 0.666. The minimum absolute atomic E-state index is 0.233. The Labute approximate surface area is 118 Å². The summed E-state index contributed by atoms with van der Waals surface area (Å²) in [5.41, 5.74) is 5.00. The lowest BCUT2D eigenvalue weighted by atomic mass is 9.96. The molecule has 112 valence electrons. The van der Waals surface area contributed by atoms with Crippen LogP contribution in [0.5, 0.6) is 0 Å². The minimum atomic E-state index is -0.564. The number of nitrogens with one attached hydrogen (secondary N) is 1. The maximum absolute atomic E-state index is 11.7. The van der Waals surface area contributed by atoms with E-state index in [4.69, 9.17) is 5.73 Å². The van der Waals surface area contributed by atoms with Crippen molar-refractivity contribution < 1.29 is 4.79 Å². The topological polar surface area (TPSA) is 58.4 Å². The number of nitrogens with two attached hydrogens (primary N) is 1. The molecule has 0 aromatic rings. The molecule has 0 aromatic heterocycles. The molecule has 19 heavy (non-hydrogen) atoms. The van der Waals surface area contributed by atoms with Gasteiger partial charge in [-0.2, -0.15) is 0 Å². The van der Waals surface area contributed by atoms with Gasteiger partial charge in [-0.05, 0) is 58.0 Å². The summed E-state index contributed by atoms with van der Waals surface area (Å²) >= 11 is 0. The summed E-state index contributed by atoms with van der Waals surface area (Å²) in [4.78, 5) is 14.2. The number of nitrogens with zero attached hydrogens (tertiary/aromatic N) is 1. The predicted octanol–water partition coefficient (Wildman–Crippen LogP) is 1.74. The molecule has 1 amide bonds. The molecule has 0 aliphatic heterocycles. The second-order valence-electron chi connectivity index (χ2n) is 6.12. The molecule has 4 heteroatoms. The Morgan fingerprint density at radius 1 is 1.32 bits per heavy atom. The first kappa shape index (κ1) is 16.4.